The monoisotopic (exact) mass is 398 g/mol. The summed E-state index contributed by atoms with van der Waals surface area (Å²) in [5, 5.41) is 10.3. The average Bonchev–Trinajstić information content (AvgIpc) is 3.32. The Hall–Kier alpha value is -2.79. The molecule has 3 aromatic rings. The second kappa shape index (κ2) is 9.42. The summed E-state index contributed by atoms with van der Waals surface area (Å²) < 4.78 is 7.11. The van der Waals surface area contributed by atoms with Crippen molar-refractivity contribution in [3.63, 3.8) is 0 Å². The lowest BCUT2D eigenvalue weighted by Crippen LogP contribution is -2.09. The summed E-state index contributed by atoms with van der Waals surface area (Å²) in [5.74, 6) is -0.0251. The van der Waals surface area contributed by atoms with Crippen molar-refractivity contribution in [2.24, 2.45) is 0 Å². The van der Waals surface area contributed by atoms with E-state index in [0.29, 0.717) is 11.6 Å². The molecule has 0 atom stereocenters. The first-order valence-corrected chi connectivity index (χ1v) is 9.69. The number of nitrogens with zero attached hydrogens (tertiary/aromatic N) is 2. The molecule has 0 aliphatic carbocycles. The lowest BCUT2D eigenvalue weighted by atomic mass is 10.1. The summed E-state index contributed by atoms with van der Waals surface area (Å²) in [6.45, 7) is 2.68. The van der Waals surface area contributed by atoms with Crippen LogP contribution in [0.1, 0.15) is 42.4 Å². The van der Waals surface area contributed by atoms with E-state index in [2.05, 4.69) is 16.5 Å². The quantitative estimate of drug-likeness (QED) is 0.501. The molecule has 0 bridgehead atoms. The van der Waals surface area contributed by atoms with E-state index in [1.165, 1.54) is 0 Å². The Morgan fingerprint density at radius 1 is 1.32 bits per heavy atom. The number of aryl methyl sites for hydroxylation is 1. The highest BCUT2D eigenvalue weighted by Crippen LogP contribution is 2.21. The number of benzene rings is 1. The number of aromatic nitrogens is 2. The fourth-order valence-corrected chi connectivity index (χ4v) is 3.23. The molecule has 6 heteroatoms. The van der Waals surface area contributed by atoms with E-state index in [1.807, 2.05) is 24.3 Å². The summed E-state index contributed by atoms with van der Waals surface area (Å²) in [5.41, 5.74) is 2.83. The Morgan fingerprint density at radius 3 is 2.82 bits per heavy atom. The molecule has 2 aromatic heterocycles. The lowest BCUT2D eigenvalue weighted by molar-refractivity contribution is -0.132. The molecule has 0 saturated carbocycles. The number of carboxylic acid groups (broad SMARTS) is 1. The summed E-state index contributed by atoms with van der Waals surface area (Å²) in [6.07, 6.45) is 9.72. The van der Waals surface area contributed by atoms with E-state index in [4.69, 9.17) is 16.0 Å². The van der Waals surface area contributed by atoms with Crippen LogP contribution in [0.3, 0.4) is 0 Å². The van der Waals surface area contributed by atoms with Crippen LogP contribution in [-0.4, -0.2) is 20.6 Å². The molecule has 5 nitrogen and oxygen atoms in total. The minimum Gasteiger partial charge on any atom is -0.478 e. The number of unbranched alkanes of at least 4 members (excludes halogenated alkanes) is 1. The molecule has 1 aromatic carbocycles. The Bertz CT molecular complexity index is 958. The van der Waals surface area contributed by atoms with Gasteiger partial charge in [-0.2, -0.15) is 0 Å². The molecule has 3 rings (SSSR count). The van der Waals surface area contributed by atoms with Crippen LogP contribution in [0.25, 0.3) is 6.08 Å². The smallest absolute Gasteiger partial charge is 0.331 e. The number of imidazole rings is 1. The Labute approximate surface area is 169 Å². The van der Waals surface area contributed by atoms with Crippen LogP contribution in [0.2, 0.25) is 5.02 Å². The molecule has 0 fully saturated rings. The number of carbonyl (C=O) groups is 1. The number of rotatable bonds is 9. The topological polar surface area (TPSA) is 68.3 Å². The second-order valence-electron chi connectivity index (χ2n) is 6.66. The molecule has 0 unspecified atom stereocenters. The molecule has 0 saturated heterocycles. The number of carboxylic acids is 1. The van der Waals surface area contributed by atoms with Crippen molar-refractivity contribution >= 4 is 23.6 Å². The predicted octanol–water partition coefficient (Wildman–Crippen LogP) is 5.23. The number of furan rings is 1. The van der Waals surface area contributed by atoms with Gasteiger partial charge in [0.05, 0.1) is 31.0 Å². The van der Waals surface area contributed by atoms with Crippen molar-refractivity contribution in [1.29, 1.82) is 0 Å². The fraction of sp³-hybridized carbons (Fsp3) is 0.273. The Balaban J connectivity index is 1.97. The first-order chi connectivity index (χ1) is 13.6. The molecule has 0 radical (unpaired) electrons. The van der Waals surface area contributed by atoms with Gasteiger partial charge in [-0.3, -0.25) is 0 Å². The fourth-order valence-electron chi connectivity index (χ4n) is 3.04. The van der Waals surface area contributed by atoms with Crippen molar-refractivity contribution in [2.45, 2.75) is 39.2 Å². The highest BCUT2D eigenvalue weighted by atomic mass is 35.5. The molecule has 0 amide bonds. The summed E-state index contributed by atoms with van der Waals surface area (Å²) in [6, 6.07) is 9.44. The third-order valence-electron chi connectivity index (χ3n) is 4.58. The molecule has 0 spiro atoms. The van der Waals surface area contributed by atoms with Gasteiger partial charge < -0.3 is 14.1 Å². The minimum absolute atomic E-state index is 0.281. The van der Waals surface area contributed by atoms with Gasteiger partial charge in [0.2, 0.25) is 0 Å². The molecule has 146 valence electrons. The summed E-state index contributed by atoms with van der Waals surface area (Å²) in [7, 11) is 0. The van der Waals surface area contributed by atoms with E-state index < -0.39 is 5.97 Å². The Kier molecular flexibility index (Phi) is 6.71. The molecule has 2 heterocycles. The predicted molar refractivity (Wildman–Crippen MR) is 109 cm³/mol. The normalized spacial score (nSPS) is 11.7. The zero-order chi connectivity index (χ0) is 19.9. The van der Waals surface area contributed by atoms with Gasteiger partial charge in [0, 0.05) is 23.4 Å². The van der Waals surface area contributed by atoms with E-state index in [1.54, 1.807) is 30.9 Å². The molecule has 28 heavy (non-hydrogen) atoms. The number of halogens is 1. The lowest BCUT2D eigenvalue weighted by Gasteiger charge is -2.12. The van der Waals surface area contributed by atoms with Gasteiger partial charge in [0.15, 0.2) is 0 Å². The van der Waals surface area contributed by atoms with Crippen LogP contribution in [-0.2, 0) is 24.2 Å². The maximum Gasteiger partial charge on any atom is 0.331 e. The second-order valence-corrected chi connectivity index (χ2v) is 7.07. The van der Waals surface area contributed by atoms with Crippen LogP contribution in [0.5, 0.6) is 0 Å². The molecule has 0 aliphatic rings. The first-order valence-electron chi connectivity index (χ1n) is 9.31. The Morgan fingerprint density at radius 2 is 2.14 bits per heavy atom. The average molecular weight is 399 g/mol. The minimum atomic E-state index is -0.957. The van der Waals surface area contributed by atoms with Crippen LogP contribution in [0.4, 0.5) is 0 Å². The van der Waals surface area contributed by atoms with Crippen LogP contribution in [0.15, 0.2) is 59.0 Å². The van der Waals surface area contributed by atoms with E-state index in [9.17, 15) is 9.90 Å². The van der Waals surface area contributed by atoms with E-state index in [0.717, 1.165) is 41.9 Å². The van der Waals surface area contributed by atoms with Gasteiger partial charge in [-0.15, -0.1) is 0 Å². The third-order valence-corrected chi connectivity index (χ3v) is 4.95. The molecule has 1 N–H and O–H groups in total. The van der Waals surface area contributed by atoms with Gasteiger partial charge in [-0.25, -0.2) is 9.78 Å². The van der Waals surface area contributed by atoms with Crippen LogP contribution < -0.4 is 0 Å². The van der Waals surface area contributed by atoms with Gasteiger partial charge >= 0.3 is 5.97 Å². The van der Waals surface area contributed by atoms with Crippen molar-refractivity contribution in [2.75, 3.05) is 0 Å². The van der Waals surface area contributed by atoms with Crippen molar-refractivity contribution in [1.82, 2.24) is 9.55 Å². The van der Waals surface area contributed by atoms with E-state index >= 15 is 0 Å². The van der Waals surface area contributed by atoms with E-state index in [-0.39, 0.29) is 12.0 Å². The zero-order valence-electron chi connectivity index (χ0n) is 15.8. The number of aliphatic carboxylic acids is 1. The summed E-state index contributed by atoms with van der Waals surface area (Å²) in [4.78, 5) is 16.3. The maximum absolute atomic E-state index is 11.8. The molecular weight excluding hydrogens is 376 g/mol. The van der Waals surface area contributed by atoms with Gasteiger partial charge in [0.1, 0.15) is 5.82 Å². The highest BCUT2D eigenvalue weighted by Gasteiger charge is 2.15. The van der Waals surface area contributed by atoms with Crippen molar-refractivity contribution < 1.29 is 14.3 Å². The zero-order valence-corrected chi connectivity index (χ0v) is 16.5. The number of hydrogen-bond donors (Lipinski definition) is 1. The highest BCUT2D eigenvalue weighted by molar-refractivity contribution is 6.31. The molecule has 0 aliphatic heterocycles. The number of hydrogen-bond acceptors (Lipinski definition) is 3. The first kappa shape index (κ1) is 20.0. The van der Waals surface area contributed by atoms with Crippen LogP contribution in [0, 0.1) is 0 Å². The third kappa shape index (κ3) is 4.93. The van der Waals surface area contributed by atoms with Crippen molar-refractivity contribution in [3.05, 3.63) is 82.3 Å². The maximum atomic E-state index is 11.8. The van der Waals surface area contributed by atoms with Gasteiger partial charge in [0.25, 0.3) is 0 Å². The largest absolute Gasteiger partial charge is 0.478 e. The SMILES string of the molecule is CCCCc1ncc(/C=C(\Cc2ccoc2)C(=O)O)n1Cc1ccccc1Cl. The molecular formula is C22H23ClN2O3. The van der Waals surface area contributed by atoms with Crippen LogP contribution >= 0.6 is 11.6 Å². The van der Waals surface area contributed by atoms with Crippen molar-refractivity contribution in [3.8, 4) is 0 Å². The standard InChI is InChI=1S/C22H23ClN2O3/c1-2-3-8-21-24-13-19(25(21)14-17-6-4-5-7-20(17)23)12-18(22(26)27)11-16-9-10-28-15-16/h4-7,9-10,12-13,15H,2-3,8,11,14H2,1H3,(H,26,27)/b18-12+. The van der Waals surface area contributed by atoms with Gasteiger partial charge in [-0.05, 0) is 35.8 Å². The van der Waals surface area contributed by atoms with Gasteiger partial charge in [-0.1, -0.05) is 43.1 Å². The summed E-state index contributed by atoms with van der Waals surface area (Å²) >= 11 is 6.35.